The summed E-state index contributed by atoms with van der Waals surface area (Å²) in [5.41, 5.74) is 0.217. The van der Waals surface area contributed by atoms with Crippen molar-refractivity contribution in [2.24, 2.45) is 0 Å². The highest BCUT2D eigenvalue weighted by Gasteiger charge is 2.14. The van der Waals surface area contributed by atoms with Crippen molar-refractivity contribution in [2.75, 3.05) is 6.54 Å². The van der Waals surface area contributed by atoms with E-state index in [0.717, 1.165) is 4.88 Å². The van der Waals surface area contributed by atoms with Gasteiger partial charge in [0.25, 0.3) is 5.91 Å². The zero-order chi connectivity index (χ0) is 12.3. The third kappa shape index (κ3) is 2.92. The van der Waals surface area contributed by atoms with Crippen molar-refractivity contribution in [3.8, 4) is 10.6 Å². The van der Waals surface area contributed by atoms with Crippen LogP contribution in [0.25, 0.3) is 10.6 Å². The highest BCUT2D eigenvalue weighted by Crippen LogP contribution is 2.24. The summed E-state index contributed by atoms with van der Waals surface area (Å²) in [5, 5.41) is 17.2. The molecule has 2 N–H and O–H groups in total. The molecule has 0 aromatic carbocycles. The van der Waals surface area contributed by atoms with Crippen LogP contribution >= 0.6 is 11.3 Å². The van der Waals surface area contributed by atoms with Gasteiger partial charge < -0.3 is 14.9 Å². The number of thiophene rings is 1. The van der Waals surface area contributed by atoms with Crippen LogP contribution in [0.5, 0.6) is 0 Å². The number of hydrogen-bond acceptors (Lipinski definition) is 5. The van der Waals surface area contributed by atoms with Crippen LogP contribution in [0.3, 0.4) is 0 Å². The standard InChI is InChI=1S/C11H12N2O3S/c1-7(14)6-12-11(15)8-5-9(16-13-8)10-3-2-4-17-10/h2-5,7,14H,6H2,1H3,(H,12,15)/t7-/m1/s1. The molecule has 1 amide bonds. The maximum absolute atomic E-state index is 11.6. The summed E-state index contributed by atoms with van der Waals surface area (Å²) in [5.74, 6) is 0.222. The second kappa shape index (κ2) is 5.11. The topological polar surface area (TPSA) is 75.4 Å². The number of rotatable bonds is 4. The van der Waals surface area contributed by atoms with Crippen LogP contribution in [0.15, 0.2) is 28.1 Å². The van der Waals surface area contributed by atoms with E-state index in [1.165, 1.54) is 11.3 Å². The molecule has 0 bridgehead atoms. The lowest BCUT2D eigenvalue weighted by atomic mass is 10.3. The molecule has 0 aliphatic rings. The minimum absolute atomic E-state index is 0.194. The van der Waals surface area contributed by atoms with Crippen molar-refractivity contribution in [1.82, 2.24) is 10.5 Å². The maximum atomic E-state index is 11.6. The minimum atomic E-state index is -0.581. The average Bonchev–Trinajstić information content (AvgIpc) is 2.94. The third-order valence-electron chi connectivity index (χ3n) is 2.06. The number of nitrogens with one attached hydrogen (secondary N) is 1. The fourth-order valence-electron chi connectivity index (χ4n) is 1.25. The van der Waals surface area contributed by atoms with Crippen LogP contribution in [0.2, 0.25) is 0 Å². The Kier molecular flexibility index (Phi) is 3.55. The van der Waals surface area contributed by atoms with Gasteiger partial charge in [-0.3, -0.25) is 4.79 Å². The Morgan fingerprint density at radius 1 is 1.71 bits per heavy atom. The number of aliphatic hydroxyl groups excluding tert-OH is 1. The Morgan fingerprint density at radius 3 is 3.18 bits per heavy atom. The van der Waals surface area contributed by atoms with E-state index in [9.17, 15) is 4.79 Å². The van der Waals surface area contributed by atoms with Crippen molar-refractivity contribution in [2.45, 2.75) is 13.0 Å². The van der Waals surface area contributed by atoms with Crippen molar-refractivity contribution in [3.63, 3.8) is 0 Å². The molecule has 0 aliphatic carbocycles. The molecule has 2 aromatic heterocycles. The Morgan fingerprint density at radius 2 is 2.53 bits per heavy atom. The minimum Gasteiger partial charge on any atom is -0.392 e. The molecule has 0 saturated carbocycles. The lowest BCUT2D eigenvalue weighted by molar-refractivity contribution is 0.0915. The van der Waals surface area contributed by atoms with Gasteiger partial charge in [-0.15, -0.1) is 11.3 Å². The molecule has 1 atom stereocenters. The summed E-state index contributed by atoms with van der Waals surface area (Å²) in [6.07, 6.45) is -0.581. The second-order valence-corrected chi connectivity index (χ2v) is 4.56. The molecular formula is C11H12N2O3S. The Labute approximate surface area is 102 Å². The average molecular weight is 252 g/mol. The fraction of sp³-hybridized carbons (Fsp3) is 0.273. The zero-order valence-corrected chi connectivity index (χ0v) is 10.0. The van der Waals surface area contributed by atoms with E-state index in [2.05, 4.69) is 10.5 Å². The summed E-state index contributed by atoms with van der Waals surface area (Å²) in [6.45, 7) is 1.79. The number of nitrogens with zero attached hydrogens (tertiary/aromatic N) is 1. The SMILES string of the molecule is C[C@@H](O)CNC(=O)c1cc(-c2cccs2)on1. The fourth-order valence-corrected chi connectivity index (χ4v) is 1.92. The molecule has 0 fully saturated rings. The first-order chi connectivity index (χ1) is 8.16. The molecular weight excluding hydrogens is 240 g/mol. The van der Waals surface area contributed by atoms with E-state index in [-0.39, 0.29) is 18.1 Å². The van der Waals surface area contributed by atoms with Gasteiger partial charge in [-0.1, -0.05) is 11.2 Å². The van der Waals surface area contributed by atoms with Gasteiger partial charge in [0, 0.05) is 12.6 Å². The second-order valence-electron chi connectivity index (χ2n) is 3.61. The molecule has 2 heterocycles. The van der Waals surface area contributed by atoms with Gasteiger partial charge >= 0.3 is 0 Å². The molecule has 2 rings (SSSR count). The zero-order valence-electron chi connectivity index (χ0n) is 9.21. The van der Waals surface area contributed by atoms with Crippen molar-refractivity contribution < 1.29 is 14.4 Å². The predicted molar refractivity (Wildman–Crippen MR) is 63.8 cm³/mol. The Balaban J connectivity index is 2.05. The van der Waals surface area contributed by atoms with Crippen LogP contribution in [0, 0.1) is 0 Å². The maximum Gasteiger partial charge on any atom is 0.273 e. The number of aromatic nitrogens is 1. The van der Waals surface area contributed by atoms with Crippen LogP contribution in [0.4, 0.5) is 0 Å². The van der Waals surface area contributed by atoms with E-state index in [4.69, 9.17) is 9.63 Å². The van der Waals surface area contributed by atoms with Crippen LogP contribution in [-0.2, 0) is 0 Å². The quantitative estimate of drug-likeness (QED) is 0.865. The largest absolute Gasteiger partial charge is 0.392 e. The highest BCUT2D eigenvalue weighted by molar-refractivity contribution is 7.13. The van der Waals surface area contributed by atoms with Gasteiger partial charge in [-0.2, -0.15) is 0 Å². The van der Waals surface area contributed by atoms with Crippen LogP contribution in [0.1, 0.15) is 17.4 Å². The summed E-state index contributed by atoms with van der Waals surface area (Å²) >= 11 is 1.51. The molecule has 17 heavy (non-hydrogen) atoms. The molecule has 0 spiro atoms. The van der Waals surface area contributed by atoms with Crippen molar-refractivity contribution >= 4 is 17.2 Å². The van der Waals surface area contributed by atoms with Gasteiger partial charge in [0.15, 0.2) is 11.5 Å². The molecule has 0 radical (unpaired) electrons. The molecule has 5 nitrogen and oxygen atoms in total. The third-order valence-corrected chi connectivity index (χ3v) is 2.95. The van der Waals surface area contributed by atoms with Gasteiger partial charge in [-0.25, -0.2) is 0 Å². The molecule has 6 heteroatoms. The normalized spacial score (nSPS) is 12.4. The van der Waals surface area contributed by atoms with Crippen molar-refractivity contribution in [3.05, 3.63) is 29.3 Å². The summed E-state index contributed by atoms with van der Waals surface area (Å²) in [4.78, 5) is 12.5. The predicted octanol–water partition coefficient (Wildman–Crippen LogP) is 1.51. The first-order valence-corrected chi connectivity index (χ1v) is 6.01. The van der Waals surface area contributed by atoms with E-state index in [1.54, 1.807) is 13.0 Å². The molecule has 0 saturated heterocycles. The number of aliphatic hydroxyl groups is 1. The first kappa shape index (κ1) is 11.8. The molecule has 0 unspecified atom stereocenters. The summed E-state index contributed by atoms with van der Waals surface area (Å²) in [6, 6.07) is 5.38. The van der Waals surface area contributed by atoms with E-state index < -0.39 is 6.10 Å². The van der Waals surface area contributed by atoms with Crippen LogP contribution in [-0.4, -0.2) is 28.8 Å². The molecule has 0 aliphatic heterocycles. The van der Waals surface area contributed by atoms with Gasteiger partial charge in [0.05, 0.1) is 11.0 Å². The Bertz CT molecular complexity index is 491. The first-order valence-electron chi connectivity index (χ1n) is 5.13. The number of hydrogen-bond donors (Lipinski definition) is 2. The van der Waals surface area contributed by atoms with Gasteiger partial charge in [-0.05, 0) is 18.4 Å². The molecule has 2 aromatic rings. The summed E-state index contributed by atoms with van der Waals surface area (Å²) < 4.78 is 5.07. The monoisotopic (exact) mass is 252 g/mol. The van der Waals surface area contributed by atoms with Crippen molar-refractivity contribution in [1.29, 1.82) is 0 Å². The number of carbonyl (C=O) groups is 1. The lowest BCUT2D eigenvalue weighted by Crippen LogP contribution is -2.30. The Hall–Kier alpha value is -1.66. The number of carbonyl (C=O) groups excluding carboxylic acids is 1. The highest BCUT2D eigenvalue weighted by atomic mass is 32.1. The lowest BCUT2D eigenvalue weighted by Gasteiger charge is -2.03. The van der Waals surface area contributed by atoms with E-state index >= 15 is 0 Å². The van der Waals surface area contributed by atoms with E-state index in [1.807, 2.05) is 17.5 Å². The molecule has 90 valence electrons. The smallest absolute Gasteiger partial charge is 0.273 e. The summed E-state index contributed by atoms with van der Waals surface area (Å²) in [7, 11) is 0. The van der Waals surface area contributed by atoms with Gasteiger partial charge in [0.2, 0.25) is 0 Å². The van der Waals surface area contributed by atoms with Crippen LogP contribution < -0.4 is 5.32 Å². The number of amides is 1. The van der Waals surface area contributed by atoms with Gasteiger partial charge in [0.1, 0.15) is 0 Å². The van der Waals surface area contributed by atoms with E-state index in [0.29, 0.717) is 5.76 Å².